The van der Waals surface area contributed by atoms with Crippen LogP contribution in [0.15, 0.2) is 66.6 Å². The Morgan fingerprint density at radius 3 is 2.42 bits per heavy atom. The Bertz CT molecular complexity index is 1550. The lowest BCUT2D eigenvalue weighted by Gasteiger charge is -2.28. The fourth-order valence-electron chi connectivity index (χ4n) is 4.88. The van der Waals surface area contributed by atoms with Crippen molar-refractivity contribution in [2.24, 2.45) is 0 Å². The molecule has 1 aromatic carbocycles. The summed E-state index contributed by atoms with van der Waals surface area (Å²) in [5.41, 5.74) is 2.29. The standard InChI is InChI=1S/C28H26N4O6/c1-16-23(31-11-6-5-9-21(31)30-16)25(33)22-24(18-12-19(36-2)27(38-4)20(13-18)37-3)32(28(35)26(22)34)15-17-8-7-10-29-14-17/h5-14,24,33H,15H2,1-4H3. The third-order valence-electron chi connectivity index (χ3n) is 6.58. The Balaban J connectivity index is 1.77. The first-order valence-electron chi connectivity index (χ1n) is 11.8. The topological polar surface area (TPSA) is 120 Å². The van der Waals surface area contributed by atoms with E-state index in [1.54, 1.807) is 60.2 Å². The van der Waals surface area contributed by atoms with E-state index < -0.39 is 23.5 Å². The molecule has 1 aliphatic heterocycles. The lowest BCUT2D eigenvalue weighted by Crippen LogP contribution is -2.29. The number of nitrogens with zero attached hydrogens (tertiary/aromatic N) is 3. The number of amides is 1. The zero-order valence-electron chi connectivity index (χ0n) is 21.3. The van der Waals surface area contributed by atoms with Gasteiger partial charge in [0.2, 0.25) is 11.5 Å². The van der Waals surface area contributed by atoms with Crippen LogP contribution in [0.3, 0.4) is 0 Å². The van der Waals surface area contributed by atoms with Crippen molar-refractivity contribution in [2.45, 2.75) is 19.5 Å². The number of fused-ring (bicyclic) bond motifs is 1. The molecule has 0 bridgehead atoms. The van der Waals surface area contributed by atoms with E-state index in [1.807, 2.05) is 12.1 Å². The molecule has 0 radical (unpaired) electrons. The molecular weight excluding hydrogens is 488 g/mol. The summed E-state index contributed by atoms with van der Waals surface area (Å²) in [6.45, 7) is 1.79. The molecular formula is C28H26N4O6. The molecule has 1 fully saturated rings. The normalized spacial score (nSPS) is 16.7. The van der Waals surface area contributed by atoms with Crippen molar-refractivity contribution in [2.75, 3.05) is 21.3 Å². The summed E-state index contributed by atoms with van der Waals surface area (Å²) in [6.07, 6.45) is 5.18. The second-order valence-electron chi connectivity index (χ2n) is 8.75. The molecule has 1 amide bonds. The highest BCUT2D eigenvalue weighted by Gasteiger charge is 2.45. The van der Waals surface area contributed by atoms with Crippen molar-refractivity contribution in [3.05, 3.63) is 89.1 Å². The van der Waals surface area contributed by atoms with E-state index in [0.29, 0.717) is 34.2 Å². The highest BCUT2D eigenvalue weighted by molar-refractivity contribution is 6.46. The van der Waals surface area contributed by atoms with Gasteiger partial charge < -0.3 is 28.6 Å². The average molecular weight is 515 g/mol. The number of aromatic nitrogens is 3. The number of ketones is 1. The van der Waals surface area contributed by atoms with Gasteiger partial charge in [0.15, 0.2) is 23.9 Å². The minimum atomic E-state index is -1.01. The number of imidazole rings is 1. The Labute approximate surface area is 218 Å². The Kier molecular flexibility index (Phi) is 6.46. The van der Waals surface area contributed by atoms with Gasteiger partial charge >= 0.3 is 0 Å². The van der Waals surface area contributed by atoms with Crippen molar-refractivity contribution in [3.63, 3.8) is 0 Å². The largest absolute Gasteiger partial charge is 0.871 e. The number of carbonyl (C=O) groups is 2. The van der Waals surface area contributed by atoms with Gasteiger partial charge in [0.1, 0.15) is 5.65 Å². The fraction of sp³-hybridized carbons (Fsp3) is 0.214. The fourth-order valence-corrected chi connectivity index (χ4v) is 4.88. The van der Waals surface area contributed by atoms with Crippen molar-refractivity contribution in [1.82, 2.24) is 14.3 Å². The zero-order chi connectivity index (χ0) is 27.0. The lowest BCUT2D eigenvalue weighted by molar-refractivity contribution is -0.378. The number of hydrogen-bond acceptors (Lipinski definition) is 7. The monoisotopic (exact) mass is 514 g/mol. The summed E-state index contributed by atoms with van der Waals surface area (Å²) in [5.74, 6) is -1.19. The molecule has 1 unspecified atom stereocenters. The number of methoxy groups -OCH3 is 3. The van der Waals surface area contributed by atoms with E-state index in [4.69, 9.17) is 14.2 Å². The summed E-state index contributed by atoms with van der Waals surface area (Å²) in [4.78, 5) is 35.8. The average Bonchev–Trinajstić information content (AvgIpc) is 3.40. The molecule has 0 spiro atoms. The molecule has 0 saturated carbocycles. The first kappa shape index (κ1) is 24.8. The number of likely N-dealkylation sites (tertiary alicyclic amines) is 1. The molecule has 4 aromatic rings. The highest BCUT2D eigenvalue weighted by Crippen LogP contribution is 2.46. The van der Waals surface area contributed by atoms with Crippen molar-refractivity contribution in [3.8, 4) is 17.2 Å². The maximum Gasteiger partial charge on any atom is 0.295 e. The summed E-state index contributed by atoms with van der Waals surface area (Å²) < 4.78 is 18.1. The molecule has 194 valence electrons. The van der Waals surface area contributed by atoms with Gasteiger partial charge in [0.25, 0.3) is 5.91 Å². The summed E-state index contributed by atoms with van der Waals surface area (Å²) in [7, 11) is 4.43. The molecule has 1 aliphatic rings. The van der Waals surface area contributed by atoms with Crippen LogP contribution in [-0.2, 0) is 16.1 Å². The predicted molar refractivity (Wildman–Crippen MR) is 134 cm³/mol. The Morgan fingerprint density at radius 2 is 1.79 bits per heavy atom. The molecule has 38 heavy (non-hydrogen) atoms. The second kappa shape index (κ2) is 9.89. The quantitative estimate of drug-likeness (QED) is 0.210. The third-order valence-corrected chi connectivity index (χ3v) is 6.58. The number of aromatic amines is 1. The molecule has 4 heterocycles. The highest BCUT2D eigenvalue weighted by atomic mass is 16.5. The third kappa shape index (κ3) is 4.00. The number of aryl methyl sites for hydroxylation is 1. The lowest BCUT2D eigenvalue weighted by atomic mass is 9.95. The van der Waals surface area contributed by atoms with Crippen LogP contribution in [0.5, 0.6) is 17.2 Å². The van der Waals surface area contributed by atoms with Gasteiger partial charge in [-0.1, -0.05) is 11.8 Å². The maximum absolute atomic E-state index is 14.1. The molecule has 3 aromatic heterocycles. The van der Waals surface area contributed by atoms with E-state index in [2.05, 4.69) is 9.97 Å². The van der Waals surface area contributed by atoms with Crippen LogP contribution in [0.4, 0.5) is 0 Å². The maximum atomic E-state index is 14.1. The number of hydrogen-bond donors (Lipinski definition) is 0. The van der Waals surface area contributed by atoms with E-state index in [-0.39, 0.29) is 17.8 Å². The van der Waals surface area contributed by atoms with Crippen LogP contribution < -0.4 is 24.3 Å². The number of H-pyrrole nitrogens is 1. The van der Waals surface area contributed by atoms with Crippen molar-refractivity contribution in [1.29, 1.82) is 0 Å². The molecule has 10 nitrogen and oxygen atoms in total. The van der Waals surface area contributed by atoms with Crippen LogP contribution in [0.2, 0.25) is 0 Å². The summed E-state index contributed by atoms with van der Waals surface area (Å²) >= 11 is 0. The van der Waals surface area contributed by atoms with Gasteiger partial charge in [-0.3, -0.25) is 9.59 Å². The summed E-state index contributed by atoms with van der Waals surface area (Å²) in [6, 6.07) is 11.3. The van der Waals surface area contributed by atoms with E-state index in [9.17, 15) is 14.7 Å². The van der Waals surface area contributed by atoms with Crippen LogP contribution in [0.1, 0.15) is 28.6 Å². The van der Waals surface area contributed by atoms with Gasteiger partial charge in [0.05, 0.1) is 45.3 Å². The van der Waals surface area contributed by atoms with Gasteiger partial charge in [0, 0.05) is 23.4 Å². The number of Topliss-reactive ketones (excluding diaryl/α,β-unsaturated/α-hetero) is 1. The minimum Gasteiger partial charge on any atom is -0.871 e. The number of benzene rings is 1. The van der Waals surface area contributed by atoms with E-state index in [0.717, 1.165) is 5.56 Å². The van der Waals surface area contributed by atoms with Crippen LogP contribution in [-0.4, -0.2) is 47.3 Å². The van der Waals surface area contributed by atoms with Gasteiger partial charge in [-0.2, -0.15) is 0 Å². The second-order valence-corrected chi connectivity index (χ2v) is 8.75. The van der Waals surface area contributed by atoms with Gasteiger partial charge in [-0.15, -0.1) is 0 Å². The number of ether oxygens (including phenoxy) is 3. The first-order chi connectivity index (χ1) is 18.4. The molecule has 0 aliphatic carbocycles. The van der Waals surface area contributed by atoms with Crippen LogP contribution in [0, 0.1) is 6.92 Å². The number of pyridine rings is 2. The van der Waals surface area contributed by atoms with Crippen molar-refractivity contribution >= 4 is 23.1 Å². The molecule has 1 saturated heterocycles. The van der Waals surface area contributed by atoms with E-state index in [1.165, 1.54) is 26.2 Å². The molecule has 1 N–H and O–H groups in total. The Morgan fingerprint density at radius 1 is 1.05 bits per heavy atom. The predicted octanol–water partition coefficient (Wildman–Crippen LogP) is 1.91. The SMILES string of the molecule is COc1cc(C2C(=C([O-])c3c(C)nc4ccccn34)C(=O)C(=O)N2Cc2ccc[nH+]c2)cc(OC)c1OC. The Hall–Kier alpha value is -4.86. The summed E-state index contributed by atoms with van der Waals surface area (Å²) in [5, 5.41) is 14.1. The van der Waals surface area contributed by atoms with Crippen LogP contribution >= 0.6 is 0 Å². The molecule has 1 atom stereocenters. The van der Waals surface area contributed by atoms with E-state index >= 15 is 0 Å². The van der Waals surface area contributed by atoms with Gasteiger partial charge in [-0.25, -0.2) is 9.97 Å². The number of nitrogens with one attached hydrogen (secondary N) is 1. The van der Waals surface area contributed by atoms with Crippen LogP contribution in [0.25, 0.3) is 11.4 Å². The molecule has 5 rings (SSSR count). The first-order valence-corrected chi connectivity index (χ1v) is 11.8. The van der Waals surface area contributed by atoms with Gasteiger partial charge in [-0.05, 0) is 42.8 Å². The number of carbonyl (C=O) groups excluding carboxylic acids is 2. The minimum absolute atomic E-state index is 0.0894. The smallest absolute Gasteiger partial charge is 0.295 e. The zero-order valence-corrected chi connectivity index (χ0v) is 21.3. The molecule has 10 heteroatoms. The van der Waals surface area contributed by atoms with Crippen molar-refractivity contribution < 1.29 is 33.9 Å². The number of rotatable bonds is 7.